The van der Waals surface area contributed by atoms with Crippen molar-refractivity contribution in [2.75, 3.05) is 0 Å². The van der Waals surface area contributed by atoms with E-state index in [-0.39, 0.29) is 5.84 Å². The minimum Gasteiger partial charge on any atom is -0.409 e. The Bertz CT molecular complexity index is 501. The number of aryl methyl sites for hydroxylation is 1. The summed E-state index contributed by atoms with van der Waals surface area (Å²) in [5.41, 5.74) is 6.11. The number of nitrogens with two attached hydrogens (primary N) is 1. The Labute approximate surface area is 89.7 Å². The van der Waals surface area contributed by atoms with Crippen molar-refractivity contribution in [3.63, 3.8) is 0 Å². The van der Waals surface area contributed by atoms with E-state index in [0.717, 1.165) is 5.01 Å². The normalized spacial score (nSPS) is 11.9. The van der Waals surface area contributed by atoms with Crippen LogP contribution in [-0.4, -0.2) is 25.8 Å². The Morgan fingerprint density at radius 2 is 2.40 bits per heavy atom. The molecule has 78 valence electrons. The Balaban J connectivity index is 2.50. The molecule has 0 amide bonds. The molecule has 7 heteroatoms. The van der Waals surface area contributed by atoms with E-state index >= 15 is 0 Å². The molecule has 0 aliphatic heterocycles. The molecule has 0 spiro atoms. The quantitative estimate of drug-likeness (QED) is 0.340. The highest BCUT2D eigenvalue weighted by Gasteiger charge is 2.10. The molecular formula is C8H9N5OS. The van der Waals surface area contributed by atoms with Gasteiger partial charge in [0.1, 0.15) is 5.01 Å². The second-order valence-electron chi connectivity index (χ2n) is 2.85. The number of rotatable bonds is 2. The minimum absolute atomic E-state index is 0.0489. The Hall–Kier alpha value is -1.89. The smallest absolute Gasteiger partial charge is 0.216 e. The highest BCUT2D eigenvalue weighted by molar-refractivity contribution is 7.13. The van der Waals surface area contributed by atoms with Gasteiger partial charge in [0.2, 0.25) is 5.13 Å². The Morgan fingerprint density at radius 1 is 1.60 bits per heavy atom. The molecule has 0 radical (unpaired) electrons. The van der Waals surface area contributed by atoms with Crippen molar-refractivity contribution in [1.29, 1.82) is 0 Å². The maximum Gasteiger partial charge on any atom is 0.216 e. The van der Waals surface area contributed by atoms with Crippen LogP contribution in [0.25, 0.3) is 5.13 Å². The van der Waals surface area contributed by atoms with Gasteiger partial charge in [0.15, 0.2) is 5.84 Å². The van der Waals surface area contributed by atoms with Crippen molar-refractivity contribution < 1.29 is 5.21 Å². The molecule has 0 fully saturated rings. The summed E-state index contributed by atoms with van der Waals surface area (Å²) in [4.78, 5) is 0. The van der Waals surface area contributed by atoms with Crippen LogP contribution in [0.1, 0.15) is 10.7 Å². The fraction of sp³-hybridized carbons (Fsp3) is 0.125. The molecule has 2 aromatic heterocycles. The fourth-order valence-corrected chi connectivity index (χ4v) is 1.88. The SMILES string of the molecule is Cc1nnc(-n2cccc2/C(N)=N/O)s1. The van der Waals surface area contributed by atoms with Crippen molar-refractivity contribution in [3.8, 4) is 5.13 Å². The van der Waals surface area contributed by atoms with Crippen LogP contribution in [0, 0.1) is 6.92 Å². The molecule has 0 saturated heterocycles. The van der Waals surface area contributed by atoms with Gasteiger partial charge in [-0.1, -0.05) is 16.5 Å². The van der Waals surface area contributed by atoms with Crippen LogP contribution in [0.5, 0.6) is 0 Å². The first-order valence-electron chi connectivity index (χ1n) is 4.18. The molecule has 0 saturated carbocycles. The van der Waals surface area contributed by atoms with E-state index in [1.165, 1.54) is 11.3 Å². The van der Waals surface area contributed by atoms with Crippen molar-refractivity contribution in [1.82, 2.24) is 14.8 Å². The topological polar surface area (TPSA) is 89.3 Å². The molecule has 0 unspecified atom stereocenters. The van der Waals surface area contributed by atoms with Gasteiger partial charge in [0, 0.05) is 6.20 Å². The zero-order valence-electron chi connectivity index (χ0n) is 7.95. The van der Waals surface area contributed by atoms with Gasteiger partial charge in [0.05, 0.1) is 5.69 Å². The van der Waals surface area contributed by atoms with E-state index in [2.05, 4.69) is 15.4 Å². The Kier molecular flexibility index (Phi) is 2.38. The Morgan fingerprint density at radius 3 is 3.00 bits per heavy atom. The third-order valence-corrected chi connectivity index (χ3v) is 2.68. The maximum atomic E-state index is 8.60. The summed E-state index contributed by atoms with van der Waals surface area (Å²) in [6.07, 6.45) is 1.79. The van der Waals surface area contributed by atoms with E-state index < -0.39 is 0 Å². The third kappa shape index (κ3) is 1.68. The summed E-state index contributed by atoms with van der Waals surface area (Å²) in [6.45, 7) is 1.87. The van der Waals surface area contributed by atoms with Crippen LogP contribution < -0.4 is 5.73 Å². The maximum absolute atomic E-state index is 8.60. The summed E-state index contributed by atoms with van der Waals surface area (Å²) >= 11 is 1.44. The number of aromatic nitrogens is 3. The molecule has 0 bridgehead atoms. The monoisotopic (exact) mass is 223 g/mol. The van der Waals surface area contributed by atoms with E-state index in [0.29, 0.717) is 10.8 Å². The number of amidine groups is 1. The van der Waals surface area contributed by atoms with Gasteiger partial charge in [-0.2, -0.15) is 0 Å². The lowest BCUT2D eigenvalue weighted by molar-refractivity contribution is 0.318. The summed E-state index contributed by atoms with van der Waals surface area (Å²) in [5, 5.41) is 21.0. The van der Waals surface area contributed by atoms with Crippen molar-refractivity contribution >= 4 is 17.2 Å². The molecule has 0 atom stereocenters. The summed E-state index contributed by atoms with van der Waals surface area (Å²) in [7, 11) is 0. The first kappa shape index (κ1) is 9.66. The minimum atomic E-state index is 0.0489. The number of hydrogen-bond acceptors (Lipinski definition) is 5. The van der Waals surface area contributed by atoms with Gasteiger partial charge in [0.25, 0.3) is 0 Å². The summed E-state index contributed by atoms with van der Waals surface area (Å²) < 4.78 is 1.72. The van der Waals surface area contributed by atoms with E-state index in [1.807, 2.05) is 6.92 Å². The standard InChI is InChI=1S/C8H9N5OS/c1-5-10-11-8(15-5)13-4-2-3-6(13)7(9)12-14/h2-4,14H,1H3,(H2,9,12). The molecular weight excluding hydrogens is 214 g/mol. The zero-order valence-corrected chi connectivity index (χ0v) is 8.77. The van der Waals surface area contributed by atoms with Gasteiger partial charge in [-0.3, -0.25) is 4.57 Å². The lowest BCUT2D eigenvalue weighted by Crippen LogP contribution is -2.17. The third-order valence-electron chi connectivity index (χ3n) is 1.84. The molecule has 0 aromatic carbocycles. The molecule has 0 aliphatic carbocycles. The predicted molar refractivity (Wildman–Crippen MR) is 56.5 cm³/mol. The van der Waals surface area contributed by atoms with Crippen LogP contribution in [0.4, 0.5) is 0 Å². The van der Waals surface area contributed by atoms with E-state index in [9.17, 15) is 0 Å². The van der Waals surface area contributed by atoms with Crippen molar-refractivity contribution in [2.24, 2.45) is 10.9 Å². The summed E-state index contributed by atoms with van der Waals surface area (Å²) in [6, 6.07) is 3.54. The van der Waals surface area contributed by atoms with Crippen LogP contribution >= 0.6 is 11.3 Å². The molecule has 2 heterocycles. The first-order chi connectivity index (χ1) is 7.22. The lowest BCUT2D eigenvalue weighted by atomic mass is 10.4. The van der Waals surface area contributed by atoms with Gasteiger partial charge >= 0.3 is 0 Å². The van der Waals surface area contributed by atoms with Crippen LogP contribution in [-0.2, 0) is 0 Å². The van der Waals surface area contributed by atoms with Gasteiger partial charge < -0.3 is 10.9 Å². The van der Waals surface area contributed by atoms with Gasteiger partial charge in [-0.15, -0.1) is 10.2 Å². The molecule has 2 aromatic rings. The zero-order chi connectivity index (χ0) is 10.8. The predicted octanol–water partition coefficient (Wildman–Crippen LogP) is 0.732. The highest BCUT2D eigenvalue weighted by Crippen LogP contribution is 2.16. The second-order valence-corrected chi connectivity index (χ2v) is 4.01. The van der Waals surface area contributed by atoms with E-state index in [4.69, 9.17) is 10.9 Å². The van der Waals surface area contributed by atoms with Crippen LogP contribution in [0.3, 0.4) is 0 Å². The van der Waals surface area contributed by atoms with Crippen LogP contribution in [0.15, 0.2) is 23.5 Å². The largest absolute Gasteiger partial charge is 0.409 e. The molecule has 2 rings (SSSR count). The summed E-state index contributed by atoms with van der Waals surface area (Å²) in [5.74, 6) is 0.0489. The average molecular weight is 223 g/mol. The fourth-order valence-electron chi connectivity index (χ4n) is 1.19. The first-order valence-corrected chi connectivity index (χ1v) is 4.99. The number of hydrogen-bond donors (Lipinski definition) is 2. The highest BCUT2D eigenvalue weighted by atomic mass is 32.1. The van der Waals surface area contributed by atoms with Crippen LogP contribution in [0.2, 0.25) is 0 Å². The number of oxime groups is 1. The van der Waals surface area contributed by atoms with Crippen molar-refractivity contribution in [2.45, 2.75) is 6.92 Å². The molecule has 15 heavy (non-hydrogen) atoms. The van der Waals surface area contributed by atoms with Gasteiger partial charge in [-0.05, 0) is 19.1 Å². The van der Waals surface area contributed by atoms with E-state index in [1.54, 1.807) is 22.9 Å². The number of nitrogens with zero attached hydrogens (tertiary/aromatic N) is 4. The van der Waals surface area contributed by atoms with Gasteiger partial charge in [-0.25, -0.2) is 0 Å². The molecule has 3 N–H and O–H groups in total. The molecule has 6 nitrogen and oxygen atoms in total. The molecule has 0 aliphatic rings. The van der Waals surface area contributed by atoms with Crippen molar-refractivity contribution in [3.05, 3.63) is 29.0 Å². The lowest BCUT2D eigenvalue weighted by Gasteiger charge is -2.02. The second kappa shape index (κ2) is 3.70. The average Bonchev–Trinajstić information content (AvgIpc) is 2.84.